The highest BCUT2D eigenvalue weighted by molar-refractivity contribution is 6.32. The van der Waals surface area contributed by atoms with E-state index in [1.807, 2.05) is 24.3 Å². The van der Waals surface area contributed by atoms with Gasteiger partial charge in [0.2, 0.25) is 0 Å². The van der Waals surface area contributed by atoms with Crippen LogP contribution in [0.3, 0.4) is 0 Å². The lowest BCUT2D eigenvalue weighted by atomic mass is 10.00. The second-order valence-electron chi connectivity index (χ2n) is 5.24. The van der Waals surface area contributed by atoms with Gasteiger partial charge in [0.15, 0.2) is 0 Å². The number of halogens is 2. The number of nitrogens with zero attached hydrogens (tertiary/aromatic N) is 1. The Morgan fingerprint density at radius 1 is 1.09 bits per heavy atom. The van der Waals surface area contributed by atoms with Crippen molar-refractivity contribution in [1.82, 2.24) is 4.57 Å². The summed E-state index contributed by atoms with van der Waals surface area (Å²) in [5.41, 5.74) is 8.48. The number of hydrogen-bond acceptors (Lipinski definition) is 1. The van der Waals surface area contributed by atoms with E-state index in [9.17, 15) is 4.39 Å². The van der Waals surface area contributed by atoms with Gasteiger partial charge in [-0.15, -0.1) is 0 Å². The van der Waals surface area contributed by atoms with Crippen molar-refractivity contribution in [2.45, 2.75) is 19.4 Å². The molecule has 2 N–H and O–H groups in total. The first-order valence-electron chi connectivity index (χ1n) is 7.38. The highest BCUT2D eigenvalue weighted by Crippen LogP contribution is 2.38. The van der Waals surface area contributed by atoms with Crippen LogP contribution < -0.4 is 5.73 Å². The van der Waals surface area contributed by atoms with Crippen LogP contribution in [0.1, 0.15) is 12.0 Å². The first-order valence-corrected chi connectivity index (χ1v) is 7.76. The van der Waals surface area contributed by atoms with Gasteiger partial charge in [-0.3, -0.25) is 0 Å². The Morgan fingerprint density at radius 2 is 1.86 bits per heavy atom. The molecule has 2 nitrogen and oxygen atoms in total. The lowest BCUT2D eigenvalue weighted by Gasteiger charge is -2.16. The number of aromatic nitrogens is 1. The summed E-state index contributed by atoms with van der Waals surface area (Å²) >= 11 is 6.31. The number of aryl methyl sites for hydroxylation is 2. The molecule has 0 amide bonds. The minimum Gasteiger partial charge on any atom is -0.347 e. The Balaban J connectivity index is 0.000000693. The monoisotopic (exact) mass is 316 g/mol. The van der Waals surface area contributed by atoms with Crippen molar-refractivity contribution < 1.29 is 4.39 Å². The molecule has 1 aliphatic heterocycles. The number of rotatable bonds is 1. The molecule has 2 aromatic carbocycles. The maximum Gasteiger partial charge on any atom is 0.131 e. The molecule has 0 atom stereocenters. The second-order valence-corrected chi connectivity index (χ2v) is 5.65. The van der Waals surface area contributed by atoms with Crippen LogP contribution in [-0.2, 0) is 13.0 Å². The molecule has 0 unspecified atom stereocenters. The van der Waals surface area contributed by atoms with Crippen LogP contribution >= 0.6 is 11.6 Å². The van der Waals surface area contributed by atoms with Crippen molar-refractivity contribution in [3.8, 4) is 11.1 Å². The van der Waals surface area contributed by atoms with Crippen molar-refractivity contribution in [2.24, 2.45) is 5.73 Å². The number of nitrogens with two attached hydrogens (primary N) is 1. The zero-order chi connectivity index (χ0) is 15.7. The Labute approximate surface area is 134 Å². The molecule has 3 aromatic rings. The van der Waals surface area contributed by atoms with Crippen LogP contribution in [0.25, 0.3) is 22.0 Å². The minimum atomic E-state index is -0.178. The molecule has 0 spiro atoms. The molecule has 0 radical (unpaired) electrons. The first-order chi connectivity index (χ1) is 10.8. The van der Waals surface area contributed by atoms with Crippen LogP contribution in [0, 0.1) is 5.82 Å². The van der Waals surface area contributed by atoms with Crippen LogP contribution in [-0.4, -0.2) is 11.6 Å². The molecule has 4 rings (SSSR count). The molecule has 1 aliphatic rings. The molecular formula is C18H18ClFN2. The van der Waals surface area contributed by atoms with Crippen LogP contribution in [0.5, 0.6) is 0 Å². The van der Waals surface area contributed by atoms with Crippen molar-refractivity contribution in [3.05, 3.63) is 59.0 Å². The zero-order valence-electron chi connectivity index (χ0n) is 12.4. The van der Waals surface area contributed by atoms with Gasteiger partial charge >= 0.3 is 0 Å². The Hall–Kier alpha value is -1.84. The fourth-order valence-electron chi connectivity index (χ4n) is 3.18. The maximum atomic E-state index is 14.1. The molecule has 1 aromatic heterocycles. The van der Waals surface area contributed by atoms with Crippen molar-refractivity contribution in [1.29, 1.82) is 0 Å². The summed E-state index contributed by atoms with van der Waals surface area (Å²) in [6.45, 7) is 0.971. The third-order valence-electron chi connectivity index (χ3n) is 4.08. The topological polar surface area (TPSA) is 30.9 Å². The van der Waals surface area contributed by atoms with Crippen molar-refractivity contribution in [2.75, 3.05) is 7.05 Å². The highest BCUT2D eigenvalue weighted by atomic mass is 35.5. The first kappa shape index (κ1) is 15.1. The van der Waals surface area contributed by atoms with Crippen molar-refractivity contribution >= 4 is 22.5 Å². The number of hydrogen-bond donors (Lipinski definition) is 1. The Morgan fingerprint density at radius 3 is 2.64 bits per heavy atom. The summed E-state index contributed by atoms with van der Waals surface area (Å²) in [5.74, 6) is -0.178. The molecule has 114 valence electrons. The summed E-state index contributed by atoms with van der Waals surface area (Å²) in [7, 11) is 1.50. The fourth-order valence-corrected chi connectivity index (χ4v) is 3.43. The van der Waals surface area contributed by atoms with E-state index < -0.39 is 0 Å². The lowest BCUT2D eigenvalue weighted by Crippen LogP contribution is -2.06. The van der Waals surface area contributed by atoms with Gasteiger partial charge in [-0.2, -0.15) is 0 Å². The van der Waals surface area contributed by atoms with Gasteiger partial charge in [0.05, 0.1) is 5.52 Å². The third-order valence-corrected chi connectivity index (χ3v) is 4.43. The standard InChI is InChI=1S/C17H13ClFN.CH5N/c18-15-8-7-12-14(11-4-1-2-6-16(11)19)10-20-9-3-5-13(15)17(12)20;1-2/h1-2,4,6-8,10H,3,5,9H2;2H2,1H3. The summed E-state index contributed by atoms with van der Waals surface area (Å²) in [4.78, 5) is 0. The average molecular weight is 317 g/mol. The third kappa shape index (κ3) is 2.31. The predicted molar refractivity (Wildman–Crippen MR) is 90.8 cm³/mol. The van der Waals surface area contributed by atoms with E-state index in [1.165, 1.54) is 24.2 Å². The number of benzene rings is 2. The van der Waals surface area contributed by atoms with E-state index in [0.717, 1.165) is 35.4 Å². The van der Waals surface area contributed by atoms with Gasteiger partial charge in [0.1, 0.15) is 5.82 Å². The molecule has 2 heterocycles. The second kappa shape index (κ2) is 6.11. The fraction of sp³-hybridized carbons (Fsp3) is 0.222. The molecule has 4 heteroatoms. The predicted octanol–water partition coefficient (Wildman–Crippen LogP) is 4.62. The molecule has 0 bridgehead atoms. The molecule has 0 saturated carbocycles. The molecule has 22 heavy (non-hydrogen) atoms. The van der Waals surface area contributed by atoms with E-state index in [2.05, 4.69) is 16.5 Å². The molecule has 0 aliphatic carbocycles. The largest absolute Gasteiger partial charge is 0.347 e. The summed E-state index contributed by atoms with van der Waals surface area (Å²) in [6, 6.07) is 10.9. The Kier molecular flexibility index (Phi) is 4.19. The van der Waals surface area contributed by atoms with Crippen LogP contribution in [0.15, 0.2) is 42.6 Å². The van der Waals surface area contributed by atoms with E-state index >= 15 is 0 Å². The molecule has 0 fully saturated rings. The maximum absolute atomic E-state index is 14.1. The van der Waals surface area contributed by atoms with Gasteiger partial charge in [-0.05, 0) is 37.6 Å². The SMILES string of the molecule is CN.Fc1ccccc1-c1cn2c3c(c(Cl)ccc13)CCC2. The van der Waals surface area contributed by atoms with Gasteiger partial charge in [-0.25, -0.2) is 4.39 Å². The van der Waals surface area contributed by atoms with Gasteiger partial charge in [0.25, 0.3) is 0 Å². The Bertz CT molecular complexity index is 823. The van der Waals surface area contributed by atoms with Gasteiger partial charge in [-0.1, -0.05) is 35.9 Å². The summed E-state index contributed by atoms with van der Waals surface area (Å²) < 4.78 is 16.3. The smallest absolute Gasteiger partial charge is 0.131 e. The zero-order valence-corrected chi connectivity index (χ0v) is 13.2. The van der Waals surface area contributed by atoms with E-state index in [0.29, 0.717) is 5.56 Å². The van der Waals surface area contributed by atoms with E-state index in [1.54, 1.807) is 6.07 Å². The minimum absolute atomic E-state index is 0.178. The highest BCUT2D eigenvalue weighted by Gasteiger charge is 2.20. The van der Waals surface area contributed by atoms with E-state index in [-0.39, 0.29) is 5.82 Å². The van der Waals surface area contributed by atoms with Crippen molar-refractivity contribution in [3.63, 3.8) is 0 Å². The molecule has 0 saturated heterocycles. The van der Waals surface area contributed by atoms with Crippen LogP contribution in [0.2, 0.25) is 5.02 Å². The summed E-state index contributed by atoms with van der Waals surface area (Å²) in [6.07, 6.45) is 4.14. The van der Waals surface area contributed by atoms with E-state index in [4.69, 9.17) is 11.6 Å². The lowest BCUT2D eigenvalue weighted by molar-refractivity contribution is 0.629. The molecular weight excluding hydrogens is 299 g/mol. The van der Waals surface area contributed by atoms with Gasteiger partial charge in [0, 0.05) is 34.3 Å². The average Bonchev–Trinajstić information content (AvgIpc) is 2.93. The quantitative estimate of drug-likeness (QED) is 0.697. The normalized spacial score (nSPS) is 12.9. The summed E-state index contributed by atoms with van der Waals surface area (Å²) in [5, 5.41) is 1.91. The van der Waals surface area contributed by atoms with Gasteiger partial charge < -0.3 is 10.3 Å². The van der Waals surface area contributed by atoms with Crippen LogP contribution in [0.4, 0.5) is 4.39 Å².